The lowest BCUT2D eigenvalue weighted by molar-refractivity contribution is -0.118. The number of carbonyl (C=O) groups is 2. The Bertz CT molecular complexity index is 918. The predicted molar refractivity (Wildman–Crippen MR) is 100 cm³/mol. The molecule has 1 atom stereocenters. The molecule has 0 fully saturated rings. The minimum atomic E-state index is -0.287. The van der Waals surface area contributed by atoms with E-state index in [4.69, 9.17) is 0 Å². The highest BCUT2D eigenvalue weighted by Crippen LogP contribution is 2.20. The topological polar surface area (TPSA) is 76.9 Å². The number of amides is 1. The molecule has 1 aromatic carbocycles. The zero-order chi connectivity index (χ0) is 18.5. The van der Waals surface area contributed by atoms with Gasteiger partial charge in [0.1, 0.15) is 5.78 Å². The number of fused-ring (bicyclic) bond motifs is 1. The molecule has 0 saturated carbocycles. The summed E-state index contributed by atoms with van der Waals surface area (Å²) in [6.07, 6.45) is 3.97. The number of pyridine rings is 1. The Labute approximate surface area is 152 Å². The summed E-state index contributed by atoms with van der Waals surface area (Å²) in [5, 5.41) is 7.60. The number of nitrogens with zero attached hydrogens (tertiary/aromatic N) is 3. The number of hydrogen-bond donors (Lipinski definition) is 1. The molecule has 0 saturated heterocycles. The van der Waals surface area contributed by atoms with E-state index >= 15 is 0 Å². The minimum absolute atomic E-state index is 0.143. The van der Waals surface area contributed by atoms with Crippen molar-refractivity contribution in [2.24, 2.45) is 0 Å². The van der Waals surface area contributed by atoms with E-state index in [-0.39, 0.29) is 24.2 Å². The summed E-state index contributed by atoms with van der Waals surface area (Å²) in [5.41, 5.74) is 2.48. The first-order chi connectivity index (χ1) is 12.6. The lowest BCUT2D eigenvalue weighted by Gasteiger charge is -2.10. The first-order valence-electron chi connectivity index (χ1n) is 8.76. The Morgan fingerprint density at radius 2 is 1.96 bits per heavy atom. The number of nitrogens with one attached hydrogen (secondary N) is 1. The van der Waals surface area contributed by atoms with E-state index in [1.54, 1.807) is 12.4 Å². The summed E-state index contributed by atoms with van der Waals surface area (Å²) >= 11 is 0. The molecule has 3 aromatic rings. The Balaban J connectivity index is 1.69. The summed E-state index contributed by atoms with van der Waals surface area (Å²) in [7, 11) is 0. The van der Waals surface area contributed by atoms with E-state index in [1.807, 2.05) is 43.3 Å². The second kappa shape index (κ2) is 7.91. The van der Waals surface area contributed by atoms with Crippen LogP contribution >= 0.6 is 0 Å². The molecule has 0 aliphatic carbocycles. The summed E-state index contributed by atoms with van der Waals surface area (Å²) < 4.78 is 1.29. The fraction of sp³-hybridized carbons (Fsp3) is 0.300. The van der Waals surface area contributed by atoms with Crippen LogP contribution in [0.4, 0.5) is 4.79 Å². The van der Waals surface area contributed by atoms with Crippen molar-refractivity contribution in [3.63, 3.8) is 0 Å². The SMILES string of the molecule is CCNC(=O)n1ncc2cc(CC(=O)C[C@H](C)c3ccccc3)ncc21. The number of aromatic nitrogens is 3. The average molecular weight is 350 g/mol. The molecular formula is C20H22N4O2. The van der Waals surface area contributed by atoms with Gasteiger partial charge in [-0.15, -0.1) is 0 Å². The first kappa shape index (κ1) is 17.8. The number of rotatable bonds is 6. The van der Waals surface area contributed by atoms with Gasteiger partial charge in [0.25, 0.3) is 0 Å². The van der Waals surface area contributed by atoms with E-state index in [0.29, 0.717) is 24.2 Å². The van der Waals surface area contributed by atoms with Gasteiger partial charge in [-0.2, -0.15) is 9.78 Å². The van der Waals surface area contributed by atoms with Crippen LogP contribution in [-0.2, 0) is 11.2 Å². The highest BCUT2D eigenvalue weighted by molar-refractivity contribution is 5.90. The fourth-order valence-corrected chi connectivity index (χ4v) is 2.97. The molecule has 0 aliphatic heterocycles. The molecule has 0 unspecified atom stereocenters. The highest BCUT2D eigenvalue weighted by atomic mass is 16.2. The molecule has 1 N–H and O–H groups in total. The largest absolute Gasteiger partial charge is 0.342 e. The van der Waals surface area contributed by atoms with Crippen LogP contribution in [-0.4, -0.2) is 33.1 Å². The molecule has 6 nitrogen and oxygen atoms in total. The van der Waals surface area contributed by atoms with Crippen molar-refractivity contribution < 1.29 is 9.59 Å². The van der Waals surface area contributed by atoms with Crippen LogP contribution in [0.2, 0.25) is 0 Å². The van der Waals surface area contributed by atoms with Crippen LogP contribution in [0.3, 0.4) is 0 Å². The van der Waals surface area contributed by atoms with Crippen LogP contribution in [0, 0.1) is 0 Å². The van der Waals surface area contributed by atoms with Crippen molar-refractivity contribution in [2.75, 3.05) is 6.54 Å². The predicted octanol–water partition coefficient (Wildman–Crippen LogP) is 3.31. The van der Waals surface area contributed by atoms with E-state index in [1.165, 1.54) is 4.68 Å². The van der Waals surface area contributed by atoms with Gasteiger partial charge in [-0.1, -0.05) is 37.3 Å². The second-order valence-electron chi connectivity index (χ2n) is 6.36. The van der Waals surface area contributed by atoms with Crippen molar-refractivity contribution in [1.82, 2.24) is 20.1 Å². The van der Waals surface area contributed by atoms with Gasteiger partial charge in [-0.25, -0.2) is 4.79 Å². The van der Waals surface area contributed by atoms with Crippen LogP contribution in [0.1, 0.15) is 37.4 Å². The van der Waals surface area contributed by atoms with Gasteiger partial charge in [0.2, 0.25) is 0 Å². The molecule has 0 bridgehead atoms. The number of benzene rings is 1. The van der Waals surface area contributed by atoms with Gasteiger partial charge < -0.3 is 5.32 Å². The third-order valence-electron chi connectivity index (χ3n) is 4.31. The molecule has 0 aliphatic rings. The molecule has 2 heterocycles. The number of hydrogen-bond acceptors (Lipinski definition) is 4. The van der Waals surface area contributed by atoms with Crippen LogP contribution in [0.25, 0.3) is 10.9 Å². The average Bonchev–Trinajstić information content (AvgIpc) is 3.06. The van der Waals surface area contributed by atoms with Gasteiger partial charge in [0, 0.05) is 30.5 Å². The Kier molecular flexibility index (Phi) is 5.41. The van der Waals surface area contributed by atoms with Crippen molar-refractivity contribution in [3.05, 3.63) is 60.0 Å². The molecule has 0 spiro atoms. The minimum Gasteiger partial charge on any atom is -0.336 e. The third-order valence-corrected chi connectivity index (χ3v) is 4.31. The quantitative estimate of drug-likeness (QED) is 0.740. The Morgan fingerprint density at radius 1 is 1.19 bits per heavy atom. The summed E-state index contributed by atoms with van der Waals surface area (Å²) in [6, 6.07) is 11.6. The Hall–Kier alpha value is -3.02. The van der Waals surface area contributed by atoms with Crippen LogP contribution < -0.4 is 5.32 Å². The third kappa shape index (κ3) is 3.96. The smallest absolute Gasteiger partial charge is 0.336 e. The molecule has 134 valence electrons. The van der Waals surface area contributed by atoms with Crippen molar-refractivity contribution in [3.8, 4) is 0 Å². The molecular weight excluding hydrogens is 328 g/mol. The zero-order valence-corrected chi connectivity index (χ0v) is 15.0. The standard InChI is InChI=1S/C20H22N4O2/c1-3-21-20(26)24-19-13-22-17(10-16(19)12-23-24)11-18(25)9-14(2)15-7-5-4-6-8-15/h4-8,10,12-14H,3,9,11H2,1-2H3,(H,21,26)/t14-/m0/s1. The molecule has 26 heavy (non-hydrogen) atoms. The fourth-order valence-electron chi connectivity index (χ4n) is 2.97. The molecule has 0 radical (unpaired) electrons. The number of carbonyl (C=O) groups excluding carboxylic acids is 2. The summed E-state index contributed by atoms with van der Waals surface area (Å²) in [5.74, 6) is 0.317. The van der Waals surface area contributed by atoms with E-state index < -0.39 is 0 Å². The van der Waals surface area contributed by atoms with Gasteiger partial charge >= 0.3 is 6.03 Å². The van der Waals surface area contributed by atoms with Gasteiger partial charge in [0.15, 0.2) is 0 Å². The monoisotopic (exact) mass is 350 g/mol. The normalized spacial score (nSPS) is 12.1. The lowest BCUT2D eigenvalue weighted by Crippen LogP contribution is -2.28. The van der Waals surface area contributed by atoms with E-state index in [9.17, 15) is 9.59 Å². The highest BCUT2D eigenvalue weighted by Gasteiger charge is 2.14. The van der Waals surface area contributed by atoms with Gasteiger partial charge in [-0.3, -0.25) is 9.78 Å². The van der Waals surface area contributed by atoms with Gasteiger partial charge in [0.05, 0.1) is 17.9 Å². The maximum Gasteiger partial charge on any atom is 0.342 e. The van der Waals surface area contributed by atoms with Crippen molar-refractivity contribution in [1.29, 1.82) is 0 Å². The molecule has 3 rings (SSSR count). The summed E-state index contributed by atoms with van der Waals surface area (Å²) in [6.45, 7) is 4.43. The second-order valence-corrected chi connectivity index (χ2v) is 6.36. The molecule has 6 heteroatoms. The number of Topliss-reactive ketones (excluding diaryl/α,β-unsaturated/α-hetero) is 1. The summed E-state index contributed by atoms with van der Waals surface area (Å²) in [4.78, 5) is 28.7. The number of ketones is 1. The van der Waals surface area contributed by atoms with Crippen molar-refractivity contribution in [2.45, 2.75) is 32.6 Å². The van der Waals surface area contributed by atoms with Gasteiger partial charge in [-0.05, 0) is 24.5 Å². The molecule has 1 amide bonds. The van der Waals surface area contributed by atoms with E-state index in [0.717, 1.165) is 10.9 Å². The molecule has 2 aromatic heterocycles. The maximum absolute atomic E-state index is 12.4. The zero-order valence-electron chi connectivity index (χ0n) is 15.0. The van der Waals surface area contributed by atoms with Crippen LogP contribution in [0.5, 0.6) is 0 Å². The van der Waals surface area contributed by atoms with Crippen LogP contribution in [0.15, 0.2) is 48.8 Å². The van der Waals surface area contributed by atoms with Crippen molar-refractivity contribution >= 4 is 22.7 Å². The lowest BCUT2D eigenvalue weighted by atomic mass is 9.94. The first-order valence-corrected chi connectivity index (χ1v) is 8.76. The maximum atomic E-state index is 12.4. The van der Waals surface area contributed by atoms with E-state index in [2.05, 4.69) is 22.3 Å². The Morgan fingerprint density at radius 3 is 2.69 bits per heavy atom.